The van der Waals surface area contributed by atoms with Gasteiger partial charge in [-0.1, -0.05) is 18.2 Å². The Hall–Kier alpha value is -1.34. The quantitative estimate of drug-likeness (QED) is 0.324. The Morgan fingerprint density at radius 3 is 2.33 bits per heavy atom. The van der Waals surface area contributed by atoms with Gasteiger partial charge < -0.3 is 19.7 Å². The third-order valence-corrected chi connectivity index (χ3v) is 2.99. The Kier molecular flexibility index (Phi) is 7.67. The van der Waals surface area contributed by atoms with Crippen molar-refractivity contribution < 1.29 is 54.1 Å². The van der Waals surface area contributed by atoms with Crippen molar-refractivity contribution >= 4 is 11.9 Å². The summed E-state index contributed by atoms with van der Waals surface area (Å²) in [6.45, 7) is 4.82. The molecule has 0 heterocycles. The Labute approximate surface area is 145 Å². The number of phenols is 1. The molecule has 0 saturated heterocycles. The zero-order valence-electron chi connectivity index (χ0n) is 12.3. The molecule has 0 aromatic heterocycles. The molecule has 7 heteroatoms. The standard InChI is InChI=1S/C14H17NO5.Na/c1-4-11(12(17)20-3)15-14(2,13(18)19)9-5-7-10(16)8-6-9;/h4-8,11,15-16H,1H2,2-3H3,(H,18,19);/q;+1/p-1. The van der Waals surface area contributed by atoms with E-state index in [1.54, 1.807) is 0 Å². The maximum absolute atomic E-state index is 11.5. The second kappa shape index (κ2) is 8.19. The number of hydrogen-bond acceptors (Lipinski definition) is 6. The van der Waals surface area contributed by atoms with Crippen LogP contribution in [-0.4, -0.2) is 30.2 Å². The van der Waals surface area contributed by atoms with Crippen LogP contribution in [0.25, 0.3) is 0 Å². The van der Waals surface area contributed by atoms with Gasteiger partial charge in [-0.25, -0.2) is 0 Å². The van der Waals surface area contributed by atoms with Gasteiger partial charge in [-0.05, 0) is 24.6 Å². The molecule has 0 fully saturated rings. The van der Waals surface area contributed by atoms with Crippen LogP contribution in [0.2, 0.25) is 0 Å². The van der Waals surface area contributed by atoms with Crippen LogP contribution >= 0.6 is 0 Å². The fourth-order valence-corrected chi connectivity index (χ4v) is 1.71. The van der Waals surface area contributed by atoms with Gasteiger partial charge in [-0.15, -0.1) is 6.58 Å². The number of carboxylic acid groups (broad SMARTS) is 1. The van der Waals surface area contributed by atoms with E-state index < -0.39 is 23.5 Å². The van der Waals surface area contributed by atoms with Gasteiger partial charge in [0.15, 0.2) is 0 Å². The van der Waals surface area contributed by atoms with E-state index in [1.165, 1.54) is 44.4 Å². The van der Waals surface area contributed by atoms with Crippen LogP contribution in [0.5, 0.6) is 5.75 Å². The van der Waals surface area contributed by atoms with Gasteiger partial charge in [-0.3, -0.25) is 10.1 Å². The SMILES string of the molecule is C=CC(NC(C)(C(=O)[O-])c1ccc(O)cc1)C(=O)OC.[Na+]. The first-order chi connectivity index (χ1) is 9.35. The first-order valence-corrected chi connectivity index (χ1v) is 5.84. The smallest absolute Gasteiger partial charge is 0.548 e. The maximum atomic E-state index is 11.5. The topological polar surface area (TPSA) is 98.7 Å². The van der Waals surface area contributed by atoms with Crippen LogP contribution in [0.1, 0.15) is 12.5 Å². The Morgan fingerprint density at radius 1 is 1.43 bits per heavy atom. The molecule has 108 valence electrons. The molecule has 0 radical (unpaired) electrons. The molecule has 21 heavy (non-hydrogen) atoms. The number of hydrogen-bond donors (Lipinski definition) is 2. The van der Waals surface area contributed by atoms with E-state index in [4.69, 9.17) is 0 Å². The molecule has 2 unspecified atom stereocenters. The minimum absolute atomic E-state index is 0. The fourth-order valence-electron chi connectivity index (χ4n) is 1.71. The van der Waals surface area contributed by atoms with Crippen LogP contribution in [-0.2, 0) is 19.9 Å². The molecule has 1 rings (SSSR count). The van der Waals surface area contributed by atoms with Crippen molar-refractivity contribution in [3.8, 4) is 5.75 Å². The molecule has 0 aliphatic heterocycles. The van der Waals surface area contributed by atoms with Crippen molar-refractivity contribution in [1.82, 2.24) is 5.32 Å². The molecule has 0 saturated carbocycles. The molecule has 0 amide bonds. The number of ether oxygens (including phenoxy) is 1. The summed E-state index contributed by atoms with van der Waals surface area (Å²) in [6, 6.07) is 4.54. The number of carbonyl (C=O) groups excluding carboxylic acids is 2. The average molecular weight is 301 g/mol. The summed E-state index contributed by atoms with van der Waals surface area (Å²) in [5, 5.41) is 23.3. The fraction of sp³-hybridized carbons (Fsp3) is 0.286. The molecule has 1 aromatic carbocycles. The molecule has 1 aromatic rings. The third kappa shape index (κ3) is 4.57. The molecule has 0 bridgehead atoms. The van der Waals surface area contributed by atoms with E-state index in [1.807, 2.05) is 0 Å². The number of aliphatic carboxylic acids is 1. The van der Waals surface area contributed by atoms with Crippen LogP contribution < -0.4 is 40.0 Å². The van der Waals surface area contributed by atoms with Crippen LogP contribution in [0, 0.1) is 0 Å². The van der Waals surface area contributed by atoms with E-state index >= 15 is 0 Å². The maximum Gasteiger partial charge on any atom is 1.00 e. The number of benzene rings is 1. The van der Waals surface area contributed by atoms with Crippen molar-refractivity contribution in [1.29, 1.82) is 0 Å². The average Bonchev–Trinajstić information content (AvgIpc) is 2.44. The molecule has 2 N–H and O–H groups in total. The first-order valence-electron chi connectivity index (χ1n) is 5.84. The summed E-state index contributed by atoms with van der Waals surface area (Å²) >= 11 is 0. The number of rotatable bonds is 6. The first kappa shape index (κ1) is 19.7. The monoisotopic (exact) mass is 301 g/mol. The number of aromatic hydroxyl groups is 1. The van der Waals surface area contributed by atoms with Crippen molar-refractivity contribution in [2.45, 2.75) is 18.5 Å². The predicted molar refractivity (Wildman–Crippen MR) is 69.6 cm³/mol. The minimum Gasteiger partial charge on any atom is -0.548 e. The van der Waals surface area contributed by atoms with E-state index in [0.717, 1.165) is 0 Å². The number of carboxylic acids is 1. The van der Waals surface area contributed by atoms with Gasteiger partial charge in [0.1, 0.15) is 11.8 Å². The van der Waals surface area contributed by atoms with Crippen LogP contribution in [0.15, 0.2) is 36.9 Å². The molecule has 2 atom stereocenters. The number of phenolic OH excluding ortho intramolecular Hbond substituents is 1. The molecule has 0 aliphatic carbocycles. The second-order valence-corrected chi connectivity index (χ2v) is 4.34. The molecule has 0 spiro atoms. The number of methoxy groups -OCH3 is 1. The van der Waals surface area contributed by atoms with Gasteiger partial charge in [0.05, 0.1) is 18.6 Å². The van der Waals surface area contributed by atoms with Crippen molar-refractivity contribution in [3.63, 3.8) is 0 Å². The van der Waals surface area contributed by atoms with E-state index in [0.29, 0.717) is 5.56 Å². The summed E-state index contributed by atoms with van der Waals surface area (Å²) in [6.07, 6.45) is 1.24. The van der Waals surface area contributed by atoms with E-state index in [2.05, 4.69) is 16.6 Å². The second-order valence-electron chi connectivity index (χ2n) is 4.34. The van der Waals surface area contributed by atoms with Gasteiger partial charge >= 0.3 is 35.5 Å². The number of esters is 1. The zero-order valence-corrected chi connectivity index (χ0v) is 14.3. The van der Waals surface area contributed by atoms with Crippen molar-refractivity contribution in [2.24, 2.45) is 0 Å². The summed E-state index contributed by atoms with van der Waals surface area (Å²) in [5.41, 5.74) is -1.31. The Bertz CT molecular complexity index is 517. The molecule has 6 nitrogen and oxygen atoms in total. The zero-order chi connectivity index (χ0) is 15.3. The Morgan fingerprint density at radius 2 is 1.95 bits per heavy atom. The van der Waals surface area contributed by atoms with E-state index in [9.17, 15) is 19.8 Å². The molecular formula is C14H16NNaO5. The van der Waals surface area contributed by atoms with Crippen molar-refractivity contribution in [2.75, 3.05) is 7.11 Å². The van der Waals surface area contributed by atoms with Gasteiger partial charge in [-0.2, -0.15) is 0 Å². The number of carbonyl (C=O) groups is 2. The Balaban J connectivity index is 0.00000400. The van der Waals surface area contributed by atoms with Crippen molar-refractivity contribution in [3.05, 3.63) is 42.5 Å². The number of nitrogens with one attached hydrogen (secondary N) is 1. The van der Waals surface area contributed by atoms with Gasteiger partial charge in [0.2, 0.25) is 0 Å². The molecular weight excluding hydrogens is 285 g/mol. The largest absolute Gasteiger partial charge is 1.00 e. The van der Waals surface area contributed by atoms with Gasteiger partial charge in [0, 0.05) is 0 Å². The van der Waals surface area contributed by atoms with Crippen LogP contribution in [0.3, 0.4) is 0 Å². The predicted octanol–water partition coefficient (Wildman–Crippen LogP) is -3.32. The van der Waals surface area contributed by atoms with Gasteiger partial charge in [0.25, 0.3) is 0 Å². The summed E-state index contributed by atoms with van der Waals surface area (Å²) in [5.74, 6) is -2.08. The van der Waals surface area contributed by atoms with Crippen LogP contribution in [0.4, 0.5) is 0 Å². The summed E-state index contributed by atoms with van der Waals surface area (Å²) in [7, 11) is 1.19. The summed E-state index contributed by atoms with van der Waals surface area (Å²) in [4.78, 5) is 23.0. The minimum atomic E-state index is -1.64. The third-order valence-electron chi connectivity index (χ3n) is 2.99. The molecule has 0 aliphatic rings. The summed E-state index contributed by atoms with van der Waals surface area (Å²) < 4.78 is 4.56. The normalized spacial score (nSPS) is 14.2. The van der Waals surface area contributed by atoms with E-state index in [-0.39, 0.29) is 35.3 Å².